The van der Waals surface area contributed by atoms with Crippen LogP contribution in [-0.4, -0.2) is 25.1 Å². The van der Waals surface area contributed by atoms with E-state index in [1.165, 1.54) is 0 Å². The molecule has 1 aromatic rings. The zero-order valence-corrected chi connectivity index (χ0v) is 14.1. The van der Waals surface area contributed by atoms with Crippen LogP contribution in [0.3, 0.4) is 0 Å². The first-order valence-electron chi connectivity index (χ1n) is 6.73. The summed E-state index contributed by atoms with van der Waals surface area (Å²) >= 11 is 3.47. The molecule has 6 heteroatoms. The lowest BCUT2D eigenvalue weighted by Crippen LogP contribution is -2.29. The number of carbonyl (C=O) groups is 1. The monoisotopic (exact) mass is 353 g/mol. The fourth-order valence-electron chi connectivity index (χ4n) is 1.78. The summed E-state index contributed by atoms with van der Waals surface area (Å²) in [6.45, 7) is 6.63. The molecule has 0 spiro atoms. The summed E-state index contributed by atoms with van der Waals surface area (Å²) in [4.78, 5) is 11.5. The van der Waals surface area contributed by atoms with E-state index in [9.17, 15) is 4.79 Å². The number of rotatable bonds is 7. The van der Waals surface area contributed by atoms with Crippen molar-refractivity contribution in [3.05, 3.63) is 27.7 Å². The number of halogens is 1. The zero-order chi connectivity index (χ0) is 15.8. The van der Waals surface area contributed by atoms with E-state index in [4.69, 9.17) is 10.00 Å². The van der Waals surface area contributed by atoms with Crippen LogP contribution in [0.25, 0.3) is 0 Å². The zero-order valence-electron chi connectivity index (χ0n) is 12.5. The van der Waals surface area contributed by atoms with E-state index in [1.54, 1.807) is 0 Å². The lowest BCUT2D eigenvalue weighted by molar-refractivity contribution is -0.122. The second-order valence-corrected chi connectivity index (χ2v) is 5.89. The van der Waals surface area contributed by atoms with Gasteiger partial charge in [0.05, 0.1) is 6.07 Å². The highest BCUT2D eigenvalue weighted by Gasteiger charge is 2.11. The van der Waals surface area contributed by atoms with Gasteiger partial charge in [0.15, 0.2) is 6.61 Å². The van der Waals surface area contributed by atoms with Gasteiger partial charge in [-0.3, -0.25) is 4.79 Å². The molecule has 5 nitrogen and oxygen atoms in total. The summed E-state index contributed by atoms with van der Waals surface area (Å²) in [5.74, 6) is 0.403. The predicted molar refractivity (Wildman–Crippen MR) is 85.0 cm³/mol. The number of carbonyl (C=O) groups excluding carboxylic acids is 1. The van der Waals surface area contributed by atoms with E-state index in [0.717, 1.165) is 15.6 Å². The fraction of sp³-hybridized carbons (Fsp3) is 0.467. The van der Waals surface area contributed by atoms with Gasteiger partial charge in [-0.2, -0.15) is 5.26 Å². The lowest BCUT2D eigenvalue weighted by atomic mass is 10.1. The van der Waals surface area contributed by atoms with Crippen molar-refractivity contribution in [3.63, 3.8) is 0 Å². The van der Waals surface area contributed by atoms with Gasteiger partial charge in [-0.15, -0.1) is 0 Å². The summed E-state index contributed by atoms with van der Waals surface area (Å²) in [6, 6.07) is 6.14. The minimum absolute atomic E-state index is 0.0106. The molecule has 1 amide bonds. The topological polar surface area (TPSA) is 74.2 Å². The Bertz CT molecular complexity index is 538. The summed E-state index contributed by atoms with van der Waals surface area (Å²) in [5, 5.41) is 14.2. The molecule has 21 heavy (non-hydrogen) atoms. The second kappa shape index (κ2) is 8.65. The SMILES string of the molecule is Cc1cc(Br)cc(CNC(C)C)c1OCC(=O)NCC#N. The van der Waals surface area contributed by atoms with Crippen LogP contribution in [0.5, 0.6) is 5.75 Å². The van der Waals surface area contributed by atoms with Gasteiger partial charge in [-0.1, -0.05) is 29.8 Å². The molecule has 0 aliphatic heterocycles. The molecule has 0 saturated carbocycles. The van der Waals surface area contributed by atoms with Crippen LogP contribution in [0.15, 0.2) is 16.6 Å². The van der Waals surface area contributed by atoms with E-state index in [1.807, 2.05) is 25.1 Å². The Kier molecular flexibility index (Phi) is 7.20. The second-order valence-electron chi connectivity index (χ2n) is 4.97. The predicted octanol–water partition coefficient (Wildman–Crippen LogP) is 2.27. The molecule has 0 aromatic heterocycles. The van der Waals surface area contributed by atoms with Crippen molar-refractivity contribution in [2.75, 3.05) is 13.2 Å². The number of nitriles is 1. The van der Waals surface area contributed by atoms with Gasteiger partial charge in [-0.25, -0.2) is 0 Å². The van der Waals surface area contributed by atoms with E-state index in [-0.39, 0.29) is 19.1 Å². The van der Waals surface area contributed by atoms with Crippen molar-refractivity contribution in [1.82, 2.24) is 10.6 Å². The van der Waals surface area contributed by atoms with Crippen molar-refractivity contribution in [2.24, 2.45) is 0 Å². The first-order valence-corrected chi connectivity index (χ1v) is 7.52. The van der Waals surface area contributed by atoms with E-state index >= 15 is 0 Å². The van der Waals surface area contributed by atoms with Gasteiger partial charge in [0.1, 0.15) is 12.3 Å². The van der Waals surface area contributed by atoms with E-state index in [2.05, 4.69) is 40.4 Å². The van der Waals surface area contributed by atoms with Crippen LogP contribution in [-0.2, 0) is 11.3 Å². The van der Waals surface area contributed by atoms with Crippen molar-refractivity contribution in [3.8, 4) is 11.8 Å². The molecule has 114 valence electrons. The highest BCUT2D eigenvalue weighted by atomic mass is 79.9. The molecule has 1 aromatic carbocycles. The Morgan fingerprint density at radius 2 is 2.19 bits per heavy atom. The van der Waals surface area contributed by atoms with Crippen LogP contribution in [0, 0.1) is 18.3 Å². The molecule has 0 radical (unpaired) electrons. The van der Waals surface area contributed by atoms with Gasteiger partial charge in [0.25, 0.3) is 5.91 Å². The summed E-state index contributed by atoms with van der Waals surface area (Å²) in [7, 11) is 0. The Balaban J connectivity index is 2.79. The number of hydrogen-bond acceptors (Lipinski definition) is 4. The average molecular weight is 354 g/mol. The Morgan fingerprint density at radius 3 is 2.81 bits per heavy atom. The number of nitrogens with zero attached hydrogens (tertiary/aromatic N) is 1. The quantitative estimate of drug-likeness (QED) is 0.737. The number of benzene rings is 1. The summed E-state index contributed by atoms with van der Waals surface area (Å²) < 4.78 is 6.61. The first kappa shape index (κ1) is 17.5. The number of amides is 1. The number of ether oxygens (including phenoxy) is 1. The lowest BCUT2D eigenvalue weighted by Gasteiger charge is -2.16. The van der Waals surface area contributed by atoms with Gasteiger partial charge in [-0.05, 0) is 24.6 Å². The highest BCUT2D eigenvalue weighted by Crippen LogP contribution is 2.28. The van der Waals surface area contributed by atoms with Crippen molar-refractivity contribution in [1.29, 1.82) is 5.26 Å². The maximum atomic E-state index is 11.5. The Labute approximate surface area is 133 Å². The molecule has 0 bridgehead atoms. The molecule has 0 aliphatic carbocycles. The highest BCUT2D eigenvalue weighted by molar-refractivity contribution is 9.10. The average Bonchev–Trinajstić information content (AvgIpc) is 2.41. The van der Waals surface area contributed by atoms with Crippen LogP contribution < -0.4 is 15.4 Å². The third-order valence-corrected chi connectivity index (χ3v) is 3.19. The molecule has 1 rings (SSSR count). The maximum Gasteiger partial charge on any atom is 0.258 e. The van der Waals surface area contributed by atoms with Crippen LogP contribution >= 0.6 is 15.9 Å². The van der Waals surface area contributed by atoms with Gasteiger partial charge >= 0.3 is 0 Å². The number of nitrogens with one attached hydrogen (secondary N) is 2. The molecule has 0 heterocycles. The fourth-order valence-corrected chi connectivity index (χ4v) is 2.40. The Hall–Kier alpha value is -1.58. The minimum atomic E-state index is -0.304. The van der Waals surface area contributed by atoms with Crippen LogP contribution in [0.1, 0.15) is 25.0 Å². The van der Waals surface area contributed by atoms with Crippen LogP contribution in [0.2, 0.25) is 0 Å². The van der Waals surface area contributed by atoms with E-state index < -0.39 is 0 Å². The van der Waals surface area contributed by atoms with Crippen molar-refractivity contribution >= 4 is 21.8 Å². The van der Waals surface area contributed by atoms with Gasteiger partial charge < -0.3 is 15.4 Å². The molecular formula is C15H20BrN3O2. The van der Waals surface area contributed by atoms with Gasteiger partial charge in [0.2, 0.25) is 0 Å². The smallest absolute Gasteiger partial charge is 0.258 e. The van der Waals surface area contributed by atoms with Crippen molar-refractivity contribution in [2.45, 2.75) is 33.4 Å². The summed E-state index contributed by atoms with van der Waals surface area (Å²) in [5.41, 5.74) is 1.95. The van der Waals surface area contributed by atoms with Crippen molar-refractivity contribution < 1.29 is 9.53 Å². The largest absolute Gasteiger partial charge is 0.483 e. The number of aryl methyl sites for hydroxylation is 1. The minimum Gasteiger partial charge on any atom is -0.483 e. The Morgan fingerprint density at radius 1 is 1.48 bits per heavy atom. The molecular weight excluding hydrogens is 334 g/mol. The van der Waals surface area contributed by atoms with Gasteiger partial charge in [0, 0.05) is 22.6 Å². The third-order valence-electron chi connectivity index (χ3n) is 2.73. The molecule has 0 aliphatic rings. The molecule has 0 saturated heterocycles. The molecule has 0 fully saturated rings. The maximum absolute atomic E-state index is 11.5. The molecule has 0 unspecified atom stereocenters. The standard InChI is InChI=1S/C15H20BrN3O2/c1-10(2)19-8-12-7-13(16)6-11(3)15(12)21-9-14(20)18-5-4-17/h6-7,10,19H,5,8-9H2,1-3H3,(H,18,20). The van der Waals surface area contributed by atoms with Crippen LogP contribution in [0.4, 0.5) is 0 Å². The normalized spacial score (nSPS) is 10.3. The summed E-state index contributed by atoms with van der Waals surface area (Å²) in [6.07, 6.45) is 0. The first-order chi connectivity index (χ1) is 9.93. The molecule has 2 N–H and O–H groups in total. The molecule has 0 atom stereocenters. The number of hydrogen-bond donors (Lipinski definition) is 2. The third kappa shape index (κ3) is 6.15. The van der Waals surface area contributed by atoms with E-state index in [0.29, 0.717) is 18.3 Å².